The van der Waals surface area contributed by atoms with Crippen molar-refractivity contribution >= 4 is 5.97 Å². The third-order valence-electron chi connectivity index (χ3n) is 3.09. The van der Waals surface area contributed by atoms with Gasteiger partial charge in [-0.2, -0.15) is 0 Å². The molecule has 2 aromatic carbocycles. The van der Waals surface area contributed by atoms with Crippen LogP contribution in [0.15, 0.2) is 48.5 Å². The smallest absolute Gasteiger partial charge is 0.336 e. The molecule has 0 aliphatic heterocycles. The van der Waals surface area contributed by atoms with Crippen LogP contribution in [0.1, 0.15) is 21.5 Å². The number of carboxylic acid groups (broad SMARTS) is 1. The fraction of sp³-hybridized carbons (Fsp3) is 0.188. The molecule has 0 amide bonds. The summed E-state index contributed by atoms with van der Waals surface area (Å²) in [5, 5.41) is 9.13. The van der Waals surface area contributed by atoms with Crippen LogP contribution < -0.4 is 0 Å². The van der Waals surface area contributed by atoms with E-state index in [0.717, 1.165) is 5.56 Å². The molecule has 0 spiro atoms. The van der Waals surface area contributed by atoms with E-state index in [2.05, 4.69) is 0 Å². The fourth-order valence-corrected chi connectivity index (χ4v) is 2.13. The maximum Gasteiger partial charge on any atom is 0.336 e. The van der Waals surface area contributed by atoms with Crippen LogP contribution in [-0.4, -0.2) is 23.0 Å². The van der Waals surface area contributed by atoms with E-state index in [1.165, 1.54) is 6.07 Å². The summed E-state index contributed by atoms with van der Waals surface area (Å²) in [7, 11) is 1.84. The van der Waals surface area contributed by atoms with Crippen molar-refractivity contribution in [3.8, 4) is 0 Å². The van der Waals surface area contributed by atoms with Crippen LogP contribution >= 0.6 is 0 Å². The first-order chi connectivity index (χ1) is 9.58. The quantitative estimate of drug-likeness (QED) is 0.909. The third kappa shape index (κ3) is 3.42. The van der Waals surface area contributed by atoms with E-state index in [-0.39, 0.29) is 11.4 Å². The molecule has 20 heavy (non-hydrogen) atoms. The van der Waals surface area contributed by atoms with Gasteiger partial charge in [0.05, 0.1) is 5.56 Å². The van der Waals surface area contributed by atoms with Gasteiger partial charge in [-0.05, 0) is 24.7 Å². The SMILES string of the molecule is CN(Cc1ccccc1F)Cc1ccccc1C(=O)O. The maximum atomic E-state index is 13.6. The van der Waals surface area contributed by atoms with Crippen LogP contribution in [0.5, 0.6) is 0 Å². The molecule has 0 saturated carbocycles. The number of carboxylic acids is 1. The van der Waals surface area contributed by atoms with Crippen molar-refractivity contribution in [1.29, 1.82) is 0 Å². The van der Waals surface area contributed by atoms with Crippen LogP contribution in [0.2, 0.25) is 0 Å². The van der Waals surface area contributed by atoms with E-state index in [1.807, 2.05) is 11.9 Å². The Kier molecular flexibility index (Phi) is 4.48. The number of aromatic carboxylic acids is 1. The van der Waals surface area contributed by atoms with Gasteiger partial charge in [-0.1, -0.05) is 36.4 Å². The van der Waals surface area contributed by atoms with Gasteiger partial charge >= 0.3 is 5.97 Å². The van der Waals surface area contributed by atoms with Gasteiger partial charge in [0.2, 0.25) is 0 Å². The number of benzene rings is 2. The molecular weight excluding hydrogens is 257 g/mol. The molecule has 4 heteroatoms. The standard InChI is InChI=1S/C16H16FNO2/c1-18(11-13-7-3-5-9-15(13)17)10-12-6-2-4-8-14(12)16(19)20/h2-9H,10-11H2,1H3,(H,19,20). The van der Waals surface area contributed by atoms with E-state index >= 15 is 0 Å². The molecule has 0 aromatic heterocycles. The molecule has 0 atom stereocenters. The number of carbonyl (C=O) groups is 1. The Hall–Kier alpha value is -2.20. The number of hydrogen-bond acceptors (Lipinski definition) is 2. The lowest BCUT2D eigenvalue weighted by atomic mass is 10.1. The molecule has 1 N–H and O–H groups in total. The Labute approximate surface area is 117 Å². The van der Waals surface area contributed by atoms with Crippen molar-refractivity contribution in [3.05, 3.63) is 71.0 Å². The highest BCUT2D eigenvalue weighted by molar-refractivity contribution is 5.89. The van der Waals surface area contributed by atoms with Crippen LogP contribution in [0.3, 0.4) is 0 Å². The average Bonchev–Trinajstić information content (AvgIpc) is 2.41. The van der Waals surface area contributed by atoms with Gasteiger partial charge < -0.3 is 5.11 Å². The first-order valence-electron chi connectivity index (χ1n) is 6.31. The Morgan fingerprint density at radius 2 is 1.60 bits per heavy atom. The zero-order valence-electron chi connectivity index (χ0n) is 11.2. The predicted molar refractivity (Wildman–Crippen MR) is 75.0 cm³/mol. The normalized spacial score (nSPS) is 10.8. The molecular formula is C16H16FNO2. The zero-order chi connectivity index (χ0) is 14.5. The number of rotatable bonds is 5. The van der Waals surface area contributed by atoms with Crippen LogP contribution in [0.4, 0.5) is 4.39 Å². The first-order valence-corrected chi connectivity index (χ1v) is 6.31. The highest BCUT2D eigenvalue weighted by Gasteiger charge is 2.12. The largest absolute Gasteiger partial charge is 0.478 e. The average molecular weight is 273 g/mol. The molecule has 0 heterocycles. The van der Waals surface area contributed by atoms with Crippen LogP contribution in [0.25, 0.3) is 0 Å². The lowest BCUT2D eigenvalue weighted by Crippen LogP contribution is -2.19. The highest BCUT2D eigenvalue weighted by Crippen LogP contribution is 2.14. The van der Waals surface area contributed by atoms with Gasteiger partial charge in [0.15, 0.2) is 0 Å². The molecule has 0 aliphatic rings. The second-order valence-corrected chi connectivity index (χ2v) is 4.73. The predicted octanol–water partition coefficient (Wildman–Crippen LogP) is 3.16. The highest BCUT2D eigenvalue weighted by atomic mass is 19.1. The number of hydrogen-bond donors (Lipinski definition) is 1. The minimum Gasteiger partial charge on any atom is -0.478 e. The first kappa shape index (κ1) is 14.2. The van der Waals surface area contributed by atoms with Crippen molar-refractivity contribution in [2.75, 3.05) is 7.05 Å². The monoisotopic (exact) mass is 273 g/mol. The van der Waals surface area contributed by atoms with E-state index in [9.17, 15) is 9.18 Å². The van der Waals surface area contributed by atoms with Crippen molar-refractivity contribution < 1.29 is 14.3 Å². The van der Waals surface area contributed by atoms with Gasteiger partial charge in [0.25, 0.3) is 0 Å². The van der Waals surface area contributed by atoms with Gasteiger partial charge in [-0.15, -0.1) is 0 Å². The Balaban J connectivity index is 2.11. The van der Waals surface area contributed by atoms with Gasteiger partial charge in [-0.3, -0.25) is 4.90 Å². The zero-order valence-corrected chi connectivity index (χ0v) is 11.2. The molecule has 0 fully saturated rings. The molecule has 0 bridgehead atoms. The van der Waals surface area contributed by atoms with Crippen molar-refractivity contribution in [3.63, 3.8) is 0 Å². The Morgan fingerprint density at radius 1 is 1.05 bits per heavy atom. The molecule has 0 saturated heterocycles. The Bertz CT molecular complexity index is 613. The minimum atomic E-state index is -0.945. The molecule has 0 unspecified atom stereocenters. The second kappa shape index (κ2) is 6.30. The molecule has 0 aliphatic carbocycles. The molecule has 2 rings (SSSR count). The number of nitrogens with zero attached hydrogens (tertiary/aromatic N) is 1. The summed E-state index contributed by atoms with van der Waals surface area (Å²) in [6.07, 6.45) is 0. The molecule has 3 nitrogen and oxygen atoms in total. The summed E-state index contributed by atoms with van der Waals surface area (Å²) < 4.78 is 13.6. The molecule has 104 valence electrons. The van der Waals surface area contributed by atoms with E-state index in [1.54, 1.807) is 42.5 Å². The third-order valence-corrected chi connectivity index (χ3v) is 3.09. The van der Waals surface area contributed by atoms with Crippen molar-refractivity contribution in [2.24, 2.45) is 0 Å². The van der Waals surface area contributed by atoms with Gasteiger partial charge in [0.1, 0.15) is 5.82 Å². The van der Waals surface area contributed by atoms with Crippen molar-refractivity contribution in [2.45, 2.75) is 13.1 Å². The number of halogens is 1. The lowest BCUT2D eigenvalue weighted by molar-refractivity contribution is 0.0694. The summed E-state index contributed by atoms with van der Waals surface area (Å²) in [6, 6.07) is 13.5. The Morgan fingerprint density at radius 3 is 2.25 bits per heavy atom. The van der Waals surface area contributed by atoms with Crippen LogP contribution in [-0.2, 0) is 13.1 Å². The maximum absolute atomic E-state index is 13.6. The molecule has 2 aromatic rings. The van der Waals surface area contributed by atoms with E-state index < -0.39 is 5.97 Å². The lowest BCUT2D eigenvalue weighted by Gasteiger charge is -2.18. The summed E-state index contributed by atoms with van der Waals surface area (Å²) in [5.41, 5.74) is 1.61. The van der Waals surface area contributed by atoms with Gasteiger partial charge in [0, 0.05) is 18.7 Å². The van der Waals surface area contributed by atoms with E-state index in [4.69, 9.17) is 5.11 Å². The summed E-state index contributed by atoms with van der Waals surface area (Å²) in [4.78, 5) is 13.0. The second-order valence-electron chi connectivity index (χ2n) is 4.73. The summed E-state index contributed by atoms with van der Waals surface area (Å²) in [6.45, 7) is 0.886. The molecule has 0 radical (unpaired) electrons. The fourth-order valence-electron chi connectivity index (χ4n) is 2.13. The summed E-state index contributed by atoms with van der Waals surface area (Å²) in [5.74, 6) is -1.19. The summed E-state index contributed by atoms with van der Waals surface area (Å²) >= 11 is 0. The topological polar surface area (TPSA) is 40.5 Å². The van der Waals surface area contributed by atoms with E-state index in [0.29, 0.717) is 18.7 Å². The van der Waals surface area contributed by atoms with Crippen LogP contribution in [0, 0.1) is 5.82 Å². The minimum absolute atomic E-state index is 0.245. The van der Waals surface area contributed by atoms with Gasteiger partial charge in [-0.25, -0.2) is 9.18 Å². The van der Waals surface area contributed by atoms with Crippen molar-refractivity contribution in [1.82, 2.24) is 4.90 Å².